The van der Waals surface area contributed by atoms with E-state index in [4.69, 9.17) is 40.7 Å². The molecule has 3 aromatic rings. The number of aromatic nitrogens is 3. The van der Waals surface area contributed by atoms with E-state index < -0.39 is 29.4 Å². The van der Waals surface area contributed by atoms with Gasteiger partial charge in [-0.05, 0) is 48.5 Å². The average Bonchev–Trinajstić information content (AvgIpc) is 3.42. The fourth-order valence-corrected chi connectivity index (χ4v) is 3.06. The van der Waals surface area contributed by atoms with Crippen molar-refractivity contribution in [3.8, 4) is 23.2 Å². The van der Waals surface area contributed by atoms with E-state index in [1.165, 1.54) is 18.8 Å². The van der Waals surface area contributed by atoms with Gasteiger partial charge in [0.15, 0.2) is 11.4 Å². The van der Waals surface area contributed by atoms with Crippen LogP contribution in [0.4, 0.5) is 4.79 Å². The van der Waals surface area contributed by atoms with Gasteiger partial charge in [-0.25, -0.2) is 19.7 Å². The van der Waals surface area contributed by atoms with Crippen molar-refractivity contribution in [2.75, 3.05) is 0 Å². The van der Waals surface area contributed by atoms with E-state index in [1.54, 1.807) is 20.8 Å². The number of ether oxygens (including phenoxy) is 2. The minimum Gasteiger partial charge on any atom is -0.446 e. The van der Waals surface area contributed by atoms with E-state index in [0.29, 0.717) is 17.1 Å². The van der Waals surface area contributed by atoms with Crippen LogP contribution in [0.25, 0.3) is 23.2 Å². The van der Waals surface area contributed by atoms with Crippen LogP contribution < -0.4 is 11.1 Å². The van der Waals surface area contributed by atoms with Gasteiger partial charge >= 0.3 is 6.09 Å². The number of nitrogens with zero attached hydrogens (tertiary/aromatic N) is 3. The third-order valence-corrected chi connectivity index (χ3v) is 4.38. The first-order chi connectivity index (χ1) is 15.7. The monoisotopic (exact) mass is 491 g/mol. The lowest BCUT2D eigenvalue weighted by Crippen LogP contribution is -2.42. The van der Waals surface area contributed by atoms with Gasteiger partial charge in [0.05, 0.1) is 11.7 Å². The molecule has 0 aliphatic heterocycles. The predicted molar refractivity (Wildman–Crippen MR) is 126 cm³/mol. The summed E-state index contributed by atoms with van der Waals surface area (Å²) in [5, 5.41) is 2.78. The Hall–Kier alpha value is -3.25. The van der Waals surface area contributed by atoms with Crippen molar-refractivity contribution in [3.05, 3.63) is 30.4 Å². The molecular formula is C22H29N5O6S. The van der Waals surface area contributed by atoms with Crippen molar-refractivity contribution in [1.29, 1.82) is 0 Å². The summed E-state index contributed by atoms with van der Waals surface area (Å²) >= 11 is 4.89. The molecule has 0 unspecified atom stereocenters. The maximum absolute atomic E-state index is 12.5. The number of carbonyl (C=O) groups excluding carboxylic acids is 1. The summed E-state index contributed by atoms with van der Waals surface area (Å²) in [5.41, 5.74) is 5.38. The second-order valence-corrected chi connectivity index (χ2v) is 10.0. The molecule has 0 aliphatic carbocycles. The van der Waals surface area contributed by atoms with E-state index in [1.807, 2.05) is 27.7 Å². The number of amides is 1. The highest BCUT2D eigenvalue weighted by Crippen LogP contribution is 2.28. The molecule has 34 heavy (non-hydrogen) atoms. The second-order valence-electron chi connectivity index (χ2n) is 9.57. The van der Waals surface area contributed by atoms with Crippen LogP contribution in [0.5, 0.6) is 0 Å². The molecule has 0 saturated carbocycles. The molecule has 184 valence electrons. The van der Waals surface area contributed by atoms with Gasteiger partial charge in [-0.3, -0.25) is 0 Å². The standard InChI is InChI=1S/C22H29N5O6S/c1-11(32-21(2,3)4)15(27-20(28)33-22(5,6)7)19-26-14(10-31-19)18-25-13(9-30-18)17-24-12(8-29-17)16(23)34/h8-11,15H,1-7H3,(H2,23,34)(H,27,28)/t11-,15-/m0/s1. The van der Waals surface area contributed by atoms with E-state index >= 15 is 0 Å². The van der Waals surface area contributed by atoms with Crippen molar-refractivity contribution in [2.45, 2.75) is 71.8 Å². The Morgan fingerprint density at radius 3 is 2.15 bits per heavy atom. The Bertz CT molecular complexity index is 1150. The number of hydrogen-bond acceptors (Lipinski definition) is 10. The van der Waals surface area contributed by atoms with Gasteiger partial charge in [0.2, 0.25) is 17.7 Å². The average molecular weight is 492 g/mol. The van der Waals surface area contributed by atoms with E-state index in [2.05, 4.69) is 20.3 Å². The third kappa shape index (κ3) is 6.64. The predicted octanol–water partition coefficient (Wildman–Crippen LogP) is 4.39. The molecular weight excluding hydrogens is 462 g/mol. The fourth-order valence-electron chi connectivity index (χ4n) is 2.96. The summed E-state index contributed by atoms with van der Waals surface area (Å²) in [4.78, 5) is 25.5. The lowest BCUT2D eigenvalue weighted by atomic mass is 10.1. The molecule has 3 aromatic heterocycles. The Kier molecular flexibility index (Phi) is 7.13. The highest BCUT2D eigenvalue weighted by molar-refractivity contribution is 7.80. The molecule has 3 N–H and O–H groups in total. The molecule has 0 saturated heterocycles. The first-order valence-electron chi connectivity index (χ1n) is 10.6. The van der Waals surface area contributed by atoms with Crippen LogP contribution >= 0.6 is 12.2 Å². The van der Waals surface area contributed by atoms with Crippen LogP contribution in [-0.4, -0.2) is 43.3 Å². The Labute approximate surface area is 202 Å². The summed E-state index contributed by atoms with van der Waals surface area (Å²) < 4.78 is 27.9. The van der Waals surface area contributed by atoms with Crippen LogP contribution in [0, 0.1) is 0 Å². The van der Waals surface area contributed by atoms with Crippen molar-refractivity contribution >= 4 is 23.3 Å². The van der Waals surface area contributed by atoms with Crippen molar-refractivity contribution in [2.24, 2.45) is 5.73 Å². The molecule has 3 heterocycles. The topological polar surface area (TPSA) is 152 Å². The van der Waals surface area contributed by atoms with Gasteiger partial charge in [-0.1, -0.05) is 12.2 Å². The van der Waals surface area contributed by atoms with Crippen molar-refractivity contribution < 1.29 is 27.5 Å². The zero-order chi connectivity index (χ0) is 25.3. The van der Waals surface area contributed by atoms with Gasteiger partial charge in [-0.15, -0.1) is 0 Å². The number of thiocarbonyl (C=S) groups is 1. The lowest BCUT2D eigenvalue weighted by Gasteiger charge is -2.30. The quantitative estimate of drug-likeness (QED) is 0.453. The van der Waals surface area contributed by atoms with Crippen LogP contribution in [0.15, 0.2) is 32.0 Å². The van der Waals surface area contributed by atoms with E-state index in [-0.39, 0.29) is 22.7 Å². The zero-order valence-corrected chi connectivity index (χ0v) is 21.0. The Balaban J connectivity index is 1.84. The lowest BCUT2D eigenvalue weighted by molar-refractivity contribution is -0.0710. The first-order valence-corrected chi connectivity index (χ1v) is 11.0. The van der Waals surface area contributed by atoms with E-state index in [0.717, 1.165) is 0 Å². The van der Waals surface area contributed by atoms with Crippen LogP contribution in [0.1, 0.15) is 66.1 Å². The van der Waals surface area contributed by atoms with Gasteiger partial charge in [0.25, 0.3) is 0 Å². The largest absolute Gasteiger partial charge is 0.446 e. The number of carbonyl (C=O) groups is 1. The van der Waals surface area contributed by atoms with Crippen molar-refractivity contribution in [1.82, 2.24) is 20.3 Å². The smallest absolute Gasteiger partial charge is 0.408 e. The minimum absolute atomic E-state index is 0.106. The summed E-state index contributed by atoms with van der Waals surface area (Å²) in [6.07, 6.45) is 2.95. The maximum Gasteiger partial charge on any atom is 0.408 e. The third-order valence-electron chi connectivity index (χ3n) is 4.17. The highest BCUT2D eigenvalue weighted by Gasteiger charge is 2.32. The molecule has 3 rings (SSSR count). The van der Waals surface area contributed by atoms with Gasteiger partial charge in [0.1, 0.15) is 41.1 Å². The number of oxazole rings is 3. The summed E-state index contributed by atoms with van der Waals surface area (Å²) in [5.74, 6) is 0.558. The number of alkyl carbamates (subject to hydrolysis) is 1. The van der Waals surface area contributed by atoms with Crippen LogP contribution in [-0.2, 0) is 9.47 Å². The molecule has 0 aliphatic rings. The summed E-state index contributed by atoms with van der Waals surface area (Å²) in [7, 11) is 0. The van der Waals surface area contributed by atoms with Gasteiger partial charge < -0.3 is 33.8 Å². The number of nitrogens with two attached hydrogens (primary N) is 1. The number of rotatable bonds is 7. The molecule has 2 atom stereocenters. The maximum atomic E-state index is 12.5. The van der Waals surface area contributed by atoms with E-state index in [9.17, 15) is 4.79 Å². The Morgan fingerprint density at radius 1 is 0.971 bits per heavy atom. The first kappa shape index (κ1) is 25.4. The zero-order valence-electron chi connectivity index (χ0n) is 20.2. The molecule has 0 aromatic carbocycles. The number of hydrogen-bond donors (Lipinski definition) is 2. The Morgan fingerprint density at radius 2 is 1.56 bits per heavy atom. The molecule has 0 bridgehead atoms. The SMILES string of the molecule is C[C@H](OC(C)(C)C)[C@H](NC(=O)OC(C)(C)C)c1nc(-c2nc(-c3nc(C(N)=S)co3)co2)co1. The van der Waals surface area contributed by atoms with Gasteiger partial charge in [-0.2, -0.15) is 0 Å². The minimum atomic E-state index is -0.739. The molecule has 11 nitrogen and oxygen atoms in total. The molecule has 0 fully saturated rings. The highest BCUT2D eigenvalue weighted by atomic mass is 32.1. The summed E-state index contributed by atoms with van der Waals surface area (Å²) in [6.45, 7) is 12.9. The molecule has 1 amide bonds. The molecule has 0 spiro atoms. The van der Waals surface area contributed by atoms with Gasteiger partial charge in [0, 0.05) is 0 Å². The van der Waals surface area contributed by atoms with Crippen molar-refractivity contribution in [3.63, 3.8) is 0 Å². The summed E-state index contributed by atoms with van der Waals surface area (Å²) in [6, 6.07) is -0.739. The normalized spacial score (nSPS) is 14.0. The molecule has 12 heteroatoms. The fraction of sp³-hybridized carbons (Fsp3) is 0.500. The van der Waals surface area contributed by atoms with Crippen LogP contribution in [0.2, 0.25) is 0 Å². The second kappa shape index (κ2) is 9.55. The number of nitrogens with one attached hydrogen (secondary N) is 1. The molecule has 0 radical (unpaired) electrons. The van der Waals surface area contributed by atoms with Crippen LogP contribution in [0.3, 0.4) is 0 Å².